The zero-order valence-corrected chi connectivity index (χ0v) is 13.8. The molecule has 0 radical (unpaired) electrons. The molecule has 1 aliphatic rings. The standard InChI is InChI=1S/C17H12O5.C2H6/c1-20-10-2-3-11-13(6-10)12-7-16-15(21-8-22-16)5-9(12)4-14(11)17(18)19;1-2/h2-7H,8H2,1H3,(H,18,19);1-2H3. The Morgan fingerprint density at radius 2 is 1.71 bits per heavy atom. The molecule has 0 saturated carbocycles. The summed E-state index contributed by atoms with van der Waals surface area (Å²) in [6.07, 6.45) is 0. The van der Waals surface area contributed by atoms with Crippen LogP contribution in [0, 0.1) is 0 Å². The van der Waals surface area contributed by atoms with Crippen LogP contribution in [0.5, 0.6) is 17.2 Å². The molecule has 0 unspecified atom stereocenters. The molecule has 3 aromatic rings. The second kappa shape index (κ2) is 6.28. The highest BCUT2D eigenvalue weighted by molar-refractivity contribution is 6.16. The van der Waals surface area contributed by atoms with E-state index in [1.165, 1.54) is 0 Å². The predicted octanol–water partition coefficient (Wildman–Crippen LogP) is 4.45. The number of hydrogen-bond donors (Lipinski definition) is 1. The maximum absolute atomic E-state index is 11.6. The lowest BCUT2D eigenvalue weighted by molar-refractivity contribution is 0.0699. The smallest absolute Gasteiger partial charge is 0.336 e. The maximum atomic E-state index is 11.6. The van der Waals surface area contributed by atoms with Gasteiger partial charge in [0.25, 0.3) is 0 Å². The van der Waals surface area contributed by atoms with Crippen molar-refractivity contribution in [3.05, 3.63) is 42.0 Å². The summed E-state index contributed by atoms with van der Waals surface area (Å²) in [4.78, 5) is 11.6. The molecule has 0 amide bonds. The number of carbonyl (C=O) groups is 1. The zero-order chi connectivity index (χ0) is 17.3. The first-order valence-corrected chi connectivity index (χ1v) is 7.75. The molecule has 24 heavy (non-hydrogen) atoms. The van der Waals surface area contributed by atoms with Crippen LogP contribution in [0.25, 0.3) is 21.5 Å². The lowest BCUT2D eigenvalue weighted by atomic mass is 9.96. The first-order valence-electron chi connectivity index (χ1n) is 7.75. The van der Waals surface area contributed by atoms with Crippen molar-refractivity contribution in [3.63, 3.8) is 0 Å². The highest BCUT2D eigenvalue weighted by atomic mass is 16.7. The Labute approximate surface area is 139 Å². The van der Waals surface area contributed by atoms with Gasteiger partial charge in [0, 0.05) is 0 Å². The fourth-order valence-corrected chi connectivity index (χ4v) is 2.83. The molecule has 1 aliphatic heterocycles. The van der Waals surface area contributed by atoms with E-state index < -0.39 is 5.97 Å². The van der Waals surface area contributed by atoms with E-state index in [1.807, 2.05) is 32.0 Å². The molecule has 1 heterocycles. The van der Waals surface area contributed by atoms with Gasteiger partial charge in [-0.2, -0.15) is 0 Å². The first kappa shape index (κ1) is 15.9. The summed E-state index contributed by atoms with van der Waals surface area (Å²) in [5.41, 5.74) is 0.254. The molecule has 0 saturated heterocycles. The number of aromatic carboxylic acids is 1. The summed E-state index contributed by atoms with van der Waals surface area (Å²) in [5, 5.41) is 12.7. The molecule has 5 heteroatoms. The van der Waals surface area contributed by atoms with Gasteiger partial charge in [0.05, 0.1) is 12.7 Å². The fraction of sp³-hybridized carbons (Fsp3) is 0.211. The lowest BCUT2D eigenvalue weighted by Gasteiger charge is -2.10. The Balaban J connectivity index is 0.000000815. The van der Waals surface area contributed by atoms with Gasteiger partial charge in [-0.15, -0.1) is 0 Å². The summed E-state index contributed by atoms with van der Waals surface area (Å²) in [6, 6.07) is 10.7. The maximum Gasteiger partial charge on any atom is 0.336 e. The summed E-state index contributed by atoms with van der Waals surface area (Å²) in [5.74, 6) is 1.01. The Hall–Kier alpha value is -2.95. The van der Waals surface area contributed by atoms with Crippen molar-refractivity contribution in [1.29, 1.82) is 0 Å². The average Bonchev–Trinajstić information content (AvgIpc) is 3.07. The third-order valence-electron chi connectivity index (χ3n) is 3.88. The van der Waals surface area contributed by atoms with Crippen molar-refractivity contribution in [3.8, 4) is 17.2 Å². The molecule has 0 aliphatic carbocycles. The molecule has 3 aromatic carbocycles. The summed E-state index contributed by atoms with van der Waals surface area (Å²) in [7, 11) is 1.58. The molecule has 1 N–H and O–H groups in total. The van der Waals surface area contributed by atoms with Crippen LogP contribution >= 0.6 is 0 Å². The van der Waals surface area contributed by atoms with Gasteiger partial charge >= 0.3 is 5.97 Å². The van der Waals surface area contributed by atoms with Gasteiger partial charge in [0.15, 0.2) is 11.5 Å². The Morgan fingerprint density at radius 3 is 2.38 bits per heavy atom. The first-order chi connectivity index (χ1) is 11.7. The van der Waals surface area contributed by atoms with Crippen LogP contribution in [0.15, 0.2) is 36.4 Å². The Bertz CT molecular complexity index is 930. The van der Waals surface area contributed by atoms with E-state index in [-0.39, 0.29) is 12.4 Å². The van der Waals surface area contributed by atoms with Crippen molar-refractivity contribution in [2.75, 3.05) is 13.9 Å². The average molecular weight is 326 g/mol. The van der Waals surface area contributed by atoms with Crippen molar-refractivity contribution in [1.82, 2.24) is 0 Å². The molecule has 5 nitrogen and oxygen atoms in total. The number of carboxylic acids is 1. The van der Waals surface area contributed by atoms with Gasteiger partial charge in [-0.1, -0.05) is 13.8 Å². The van der Waals surface area contributed by atoms with E-state index in [0.717, 1.165) is 16.2 Å². The third kappa shape index (κ3) is 2.48. The zero-order valence-electron chi connectivity index (χ0n) is 13.8. The summed E-state index contributed by atoms with van der Waals surface area (Å²) >= 11 is 0. The lowest BCUT2D eigenvalue weighted by Crippen LogP contribution is -1.98. The number of methoxy groups -OCH3 is 1. The molecule has 0 bridgehead atoms. The van der Waals surface area contributed by atoms with E-state index >= 15 is 0 Å². The van der Waals surface area contributed by atoms with E-state index in [0.29, 0.717) is 22.6 Å². The minimum absolute atomic E-state index is 0.179. The van der Waals surface area contributed by atoms with Crippen LogP contribution < -0.4 is 14.2 Å². The van der Waals surface area contributed by atoms with Gasteiger partial charge in [-0.05, 0) is 57.9 Å². The molecular formula is C19H18O5. The largest absolute Gasteiger partial charge is 0.497 e. The van der Waals surface area contributed by atoms with Crippen LogP contribution in [-0.4, -0.2) is 25.0 Å². The van der Waals surface area contributed by atoms with Crippen LogP contribution in [0.1, 0.15) is 24.2 Å². The number of carboxylic acid groups (broad SMARTS) is 1. The number of benzene rings is 3. The van der Waals surface area contributed by atoms with Crippen LogP contribution in [0.4, 0.5) is 0 Å². The summed E-state index contributed by atoms with van der Waals surface area (Å²) in [6.45, 7) is 4.18. The third-order valence-corrected chi connectivity index (χ3v) is 3.88. The predicted molar refractivity (Wildman–Crippen MR) is 92.4 cm³/mol. The number of fused-ring (bicyclic) bond motifs is 4. The molecule has 0 fully saturated rings. The summed E-state index contributed by atoms with van der Waals surface area (Å²) < 4.78 is 16.1. The Kier molecular flexibility index (Phi) is 4.16. The quantitative estimate of drug-likeness (QED) is 0.705. The molecule has 0 aromatic heterocycles. The van der Waals surface area contributed by atoms with Gasteiger partial charge < -0.3 is 19.3 Å². The van der Waals surface area contributed by atoms with Gasteiger partial charge in [0.1, 0.15) is 5.75 Å². The van der Waals surface area contributed by atoms with Crippen molar-refractivity contribution < 1.29 is 24.1 Å². The second-order valence-electron chi connectivity index (χ2n) is 5.07. The van der Waals surface area contributed by atoms with E-state index in [1.54, 1.807) is 25.3 Å². The number of rotatable bonds is 2. The Morgan fingerprint density at radius 1 is 1.00 bits per heavy atom. The van der Waals surface area contributed by atoms with E-state index in [4.69, 9.17) is 14.2 Å². The van der Waals surface area contributed by atoms with Crippen LogP contribution in [0.2, 0.25) is 0 Å². The molecule has 0 spiro atoms. The molecule has 4 rings (SSSR count). The van der Waals surface area contributed by atoms with Crippen molar-refractivity contribution >= 4 is 27.5 Å². The molecule has 124 valence electrons. The van der Waals surface area contributed by atoms with E-state index in [2.05, 4.69) is 0 Å². The highest BCUT2D eigenvalue weighted by Crippen LogP contribution is 2.40. The minimum atomic E-state index is -0.963. The second-order valence-corrected chi connectivity index (χ2v) is 5.07. The van der Waals surface area contributed by atoms with Crippen molar-refractivity contribution in [2.24, 2.45) is 0 Å². The normalized spacial score (nSPS) is 12.0. The monoisotopic (exact) mass is 326 g/mol. The van der Waals surface area contributed by atoms with Gasteiger partial charge in [0.2, 0.25) is 6.79 Å². The number of ether oxygens (including phenoxy) is 3. The highest BCUT2D eigenvalue weighted by Gasteiger charge is 2.18. The van der Waals surface area contributed by atoms with Crippen LogP contribution in [-0.2, 0) is 0 Å². The van der Waals surface area contributed by atoms with Crippen molar-refractivity contribution in [2.45, 2.75) is 13.8 Å². The topological polar surface area (TPSA) is 65.0 Å². The van der Waals surface area contributed by atoms with Gasteiger partial charge in [-0.25, -0.2) is 4.79 Å². The number of hydrogen-bond acceptors (Lipinski definition) is 4. The van der Waals surface area contributed by atoms with E-state index in [9.17, 15) is 9.90 Å². The van der Waals surface area contributed by atoms with Gasteiger partial charge in [-0.3, -0.25) is 0 Å². The molecule has 0 atom stereocenters. The SMILES string of the molecule is CC.COc1ccc2c(C(=O)O)cc3cc4c(cc3c2c1)OCO4. The van der Waals surface area contributed by atoms with Crippen LogP contribution in [0.3, 0.4) is 0 Å². The molecular weight excluding hydrogens is 308 g/mol. The fourth-order valence-electron chi connectivity index (χ4n) is 2.83. The minimum Gasteiger partial charge on any atom is -0.497 e.